The lowest BCUT2D eigenvalue weighted by atomic mass is 10.1. The number of nitrogens with one attached hydrogen (secondary N) is 1. The van der Waals surface area contributed by atoms with Crippen molar-refractivity contribution in [3.8, 4) is 0 Å². The normalized spacial score (nSPS) is 15.7. The van der Waals surface area contributed by atoms with E-state index in [-0.39, 0.29) is 0 Å². The lowest BCUT2D eigenvalue weighted by molar-refractivity contribution is -0.120. The van der Waals surface area contributed by atoms with Crippen molar-refractivity contribution in [2.24, 2.45) is 0 Å². The predicted molar refractivity (Wildman–Crippen MR) is 78.5 cm³/mol. The van der Waals surface area contributed by atoms with Crippen molar-refractivity contribution >= 4 is 52.0 Å². The van der Waals surface area contributed by atoms with Gasteiger partial charge in [-0.3, -0.25) is 4.79 Å². The van der Waals surface area contributed by atoms with Gasteiger partial charge in [-0.1, -0.05) is 23.2 Å². The molecule has 0 aromatic heterocycles. The smallest absolute Gasteiger partial charge is 0.173 e. The highest BCUT2D eigenvalue weighted by Crippen LogP contribution is 2.23. The first-order valence-corrected chi connectivity index (χ1v) is 6.75. The molecule has 1 fully saturated rings. The topological polar surface area (TPSA) is 32.3 Å². The van der Waals surface area contributed by atoms with Gasteiger partial charge in [0.1, 0.15) is 5.78 Å². The molecule has 2 rings (SSSR count). The highest BCUT2D eigenvalue weighted by atomic mass is 35.5. The maximum atomic E-state index is 11.2. The number of rotatable bonds is 1. The SMILES string of the molecule is O=C1CCN(C(=S)Nc2cc(Cl)cc(Cl)c2)CC1. The van der Waals surface area contributed by atoms with Crippen LogP contribution in [0.5, 0.6) is 0 Å². The Hall–Kier alpha value is -0.840. The zero-order valence-corrected chi connectivity index (χ0v) is 11.9. The van der Waals surface area contributed by atoms with Crippen LogP contribution in [-0.4, -0.2) is 28.9 Å². The van der Waals surface area contributed by atoms with Gasteiger partial charge in [0.25, 0.3) is 0 Å². The molecule has 6 heteroatoms. The number of piperidine rings is 1. The van der Waals surface area contributed by atoms with E-state index in [4.69, 9.17) is 35.4 Å². The summed E-state index contributed by atoms with van der Waals surface area (Å²) in [5, 5.41) is 4.80. The van der Waals surface area contributed by atoms with Gasteiger partial charge in [0, 0.05) is 41.7 Å². The number of thiocarbonyl (C=S) groups is 1. The maximum Gasteiger partial charge on any atom is 0.173 e. The van der Waals surface area contributed by atoms with Gasteiger partial charge in [-0.05, 0) is 30.4 Å². The third kappa shape index (κ3) is 3.57. The first kappa shape index (κ1) is 13.6. The summed E-state index contributed by atoms with van der Waals surface area (Å²) in [6, 6.07) is 5.18. The number of benzene rings is 1. The molecular weight excluding hydrogens is 291 g/mol. The number of nitrogens with zero attached hydrogens (tertiary/aromatic N) is 1. The summed E-state index contributed by atoms with van der Waals surface area (Å²) in [6.07, 6.45) is 1.11. The highest BCUT2D eigenvalue weighted by molar-refractivity contribution is 7.80. The molecule has 1 saturated heterocycles. The van der Waals surface area contributed by atoms with Crippen LogP contribution in [-0.2, 0) is 4.79 Å². The first-order valence-electron chi connectivity index (χ1n) is 5.58. The van der Waals surface area contributed by atoms with Crippen molar-refractivity contribution in [3.05, 3.63) is 28.2 Å². The summed E-state index contributed by atoms with van der Waals surface area (Å²) in [5.41, 5.74) is 0.759. The van der Waals surface area contributed by atoms with Crippen LogP contribution in [0.2, 0.25) is 10.0 Å². The fourth-order valence-corrected chi connectivity index (χ4v) is 2.61. The molecule has 1 aromatic carbocycles. The van der Waals surface area contributed by atoms with Crippen LogP contribution in [0.1, 0.15) is 12.8 Å². The lowest BCUT2D eigenvalue weighted by Gasteiger charge is -2.28. The molecule has 0 bridgehead atoms. The second-order valence-corrected chi connectivity index (χ2v) is 5.37. The number of Topliss-reactive ketones (excluding diaryl/α,β-unsaturated/α-hetero) is 1. The molecule has 3 nitrogen and oxygen atoms in total. The molecule has 0 spiro atoms. The minimum absolute atomic E-state index is 0.292. The Morgan fingerprint density at radius 2 is 1.72 bits per heavy atom. The largest absolute Gasteiger partial charge is 0.348 e. The van der Waals surface area contributed by atoms with Crippen LogP contribution in [0, 0.1) is 0 Å². The summed E-state index contributed by atoms with van der Waals surface area (Å²) in [5.74, 6) is 0.292. The van der Waals surface area contributed by atoms with Gasteiger partial charge in [0.2, 0.25) is 0 Å². The molecule has 1 N–H and O–H groups in total. The molecule has 0 aliphatic carbocycles. The van der Waals surface area contributed by atoms with E-state index in [2.05, 4.69) is 5.32 Å². The molecule has 0 atom stereocenters. The van der Waals surface area contributed by atoms with Crippen molar-refractivity contribution in [3.63, 3.8) is 0 Å². The van der Waals surface area contributed by atoms with E-state index in [9.17, 15) is 4.79 Å². The second-order valence-electron chi connectivity index (χ2n) is 4.11. The second kappa shape index (κ2) is 5.87. The fourth-order valence-electron chi connectivity index (χ4n) is 1.79. The van der Waals surface area contributed by atoms with Crippen molar-refractivity contribution in [1.29, 1.82) is 0 Å². The average molecular weight is 303 g/mol. The number of likely N-dealkylation sites (tertiary alicyclic amines) is 1. The van der Waals surface area contributed by atoms with E-state index in [0.717, 1.165) is 5.69 Å². The molecule has 96 valence electrons. The van der Waals surface area contributed by atoms with Crippen molar-refractivity contribution in [2.75, 3.05) is 18.4 Å². The number of hydrogen-bond acceptors (Lipinski definition) is 2. The minimum Gasteiger partial charge on any atom is -0.348 e. The fraction of sp³-hybridized carbons (Fsp3) is 0.333. The van der Waals surface area contributed by atoms with Gasteiger partial charge in [0.15, 0.2) is 5.11 Å². The van der Waals surface area contributed by atoms with Gasteiger partial charge in [0.05, 0.1) is 0 Å². The standard InChI is InChI=1S/C12H12Cl2N2OS/c13-8-5-9(14)7-10(6-8)15-12(18)16-3-1-11(17)2-4-16/h5-7H,1-4H2,(H,15,18). The van der Waals surface area contributed by atoms with E-state index in [0.29, 0.717) is 46.9 Å². The molecule has 1 heterocycles. The minimum atomic E-state index is 0.292. The molecular formula is C12H12Cl2N2OS. The predicted octanol–water partition coefficient (Wildman–Crippen LogP) is 3.36. The van der Waals surface area contributed by atoms with Crippen LogP contribution >= 0.6 is 35.4 Å². The summed E-state index contributed by atoms with van der Waals surface area (Å²) in [4.78, 5) is 13.1. The molecule has 1 aliphatic heterocycles. The Bertz CT molecular complexity index is 463. The Morgan fingerprint density at radius 3 is 2.28 bits per heavy atom. The Balaban J connectivity index is 2.00. The monoisotopic (exact) mass is 302 g/mol. The molecule has 0 unspecified atom stereocenters. The molecule has 1 aliphatic rings. The number of carbonyl (C=O) groups excluding carboxylic acids is 1. The highest BCUT2D eigenvalue weighted by Gasteiger charge is 2.18. The van der Waals surface area contributed by atoms with Crippen molar-refractivity contribution in [2.45, 2.75) is 12.8 Å². The quantitative estimate of drug-likeness (QED) is 0.806. The zero-order valence-electron chi connectivity index (χ0n) is 9.58. The Labute approximate surface area is 121 Å². The van der Waals surface area contributed by atoms with E-state index >= 15 is 0 Å². The van der Waals surface area contributed by atoms with Gasteiger partial charge < -0.3 is 10.2 Å². The maximum absolute atomic E-state index is 11.2. The van der Waals surface area contributed by atoms with E-state index in [1.54, 1.807) is 18.2 Å². The van der Waals surface area contributed by atoms with Crippen LogP contribution in [0.15, 0.2) is 18.2 Å². The van der Waals surface area contributed by atoms with Crippen LogP contribution in [0.3, 0.4) is 0 Å². The Kier molecular flexibility index (Phi) is 4.43. The number of ketones is 1. The first-order chi connectivity index (χ1) is 8.54. The number of halogens is 2. The van der Waals surface area contributed by atoms with Gasteiger partial charge >= 0.3 is 0 Å². The van der Waals surface area contributed by atoms with E-state index < -0.39 is 0 Å². The van der Waals surface area contributed by atoms with E-state index in [1.165, 1.54) is 0 Å². The van der Waals surface area contributed by atoms with Gasteiger partial charge in [-0.15, -0.1) is 0 Å². The van der Waals surface area contributed by atoms with Crippen LogP contribution in [0.25, 0.3) is 0 Å². The molecule has 0 radical (unpaired) electrons. The molecule has 0 saturated carbocycles. The number of hydrogen-bond donors (Lipinski definition) is 1. The third-order valence-corrected chi connectivity index (χ3v) is 3.52. The zero-order chi connectivity index (χ0) is 13.1. The van der Waals surface area contributed by atoms with Crippen LogP contribution in [0.4, 0.5) is 5.69 Å². The number of anilines is 1. The Morgan fingerprint density at radius 1 is 1.17 bits per heavy atom. The summed E-state index contributed by atoms with van der Waals surface area (Å²) < 4.78 is 0. The summed E-state index contributed by atoms with van der Waals surface area (Å²) in [7, 11) is 0. The van der Waals surface area contributed by atoms with Gasteiger partial charge in [-0.25, -0.2) is 0 Å². The van der Waals surface area contributed by atoms with Crippen molar-refractivity contribution in [1.82, 2.24) is 4.90 Å². The van der Waals surface area contributed by atoms with Crippen molar-refractivity contribution < 1.29 is 4.79 Å². The molecule has 18 heavy (non-hydrogen) atoms. The number of carbonyl (C=O) groups is 1. The van der Waals surface area contributed by atoms with E-state index in [1.807, 2.05) is 4.90 Å². The summed E-state index contributed by atoms with van der Waals surface area (Å²) >= 11 is 17.1. The summed E-state index contributed by atoms with van der Waals surface area (Å²) in [6.45, 7) is 1.33. The third-order valence-electron chi connectivity index (χ3n) is 2.72. The molecule has 0 amide bonds. The molecule has 1 aromatic rings. The van der Waals surface area contributed by atoms with Gasteiger partial charge in [-0.2, -0.15) is 0 Å². The lowest BCUT2D eigenvalue weighted by Crippen LogP contribution is -2.41. The average Bonchev–Trinajstić information content (AvgIpc) is 2.28. The van der Waals surface area contributed by atoms with Crippen LogP contribution < -0.4 is 5.32 Å².